The fourth-order valence-electron chi connectivity index (χ4n) is 2.18. The minimum absolute atomic E-state index is 0.120. The Morgan fingerprint density at radius 2 is 2.20 bits per heavy atom. The molecule has 1 heterocycles. The van der Waals surface area contributed by atoms with Crippen LogP contribution in [0.5, 0.6) is 0 Å². The van der Waals surface area contributed by atoms with E-state index in [0.29, 0.717) is 25.7 Å². The average Bonchev–Trinajstić information content (AvgIpc) is 3.11. The zero-order valence-electron chi connectivity index (χ0n) is 14.5. The summed E-state index contributed by atoms with van der Waals surface area (Å²) in [5, 5.41) is 13.3. The second-order valence-corrected chi connectivity index (χ2v) is 5.30. The van der Waals surface area contributed by atoms with Crippen molar-refractivity contribution in [3.63, 3.8) is 0 Å². The average molecular weight is 344 g/mol. The lowest BCUT2D eigenvalue weighted by atomic mass is 10.2. The van der Waals surface area contributed by atoms with Crippen LogP contribution in [0.1, 0.15) is 5.56 Å². The van der Waals surface area contributed by atoms with Gasteiger partial charge in [-0.3, -0.25) is 14.5 Å². The number of hydrogen-bond donors (Lipinski definition) is 3. The maximum Gasteiger partial charge on any atom is 0.246 e. The first-order valence-electron chi connectivity index (χ1n) is 8.01. The van der Waals surface area contributed by atoms with Gasteiger partial charge in [-0.1, -0.05) is 12.1 Å². The molecule has 0 fully saturated rings. The van der Waals surface area contributed by atoms with Gasteiger partial charge in [0.25, 0.3) is 0 Å². The molecule has 0 aliphatic carbocycles. The maximum atomic E-state index is 12.0. The molecule has 0 spiro atoms. The second-order valence-electron chi connectivity index (χ2n) is 5.30. The molecule has 1 amide bonds. The fraction of sp³-hybridized carbons (Fsp3) is 0.353. The van der Waals surface area contributed by atoms with E-state index in [4.69, 9.17) is 4.74 Å². The molecule has 3 N–H and O–H groups in total. The number of ether oxygens (including phenoxy) is 1. The van der Waals surface area contributed by atoms with Crippen LogP contribution >= 0.6 is 0 Å². The minimum atomic E-state index is -0.120. The Bertz CT molecular complexity index is 684. The SMILES string of the molecule is CN=C(NCCOC)NCc1cccc(NC(=O)Cn2cccn2)c1. The lowest BCUT2D eigenvalue weighted by Gasteiger charge is -2.12. The van der Waals surface area contributed by atoms with Gasteiger partial charge in [0.2, 0.25) is 5.91 Å². The third-order valence-corrected chi connectivity index (χ3v) is 3.36. The molecule has 0 atom stereocenters. The van der Waals surface area contributed by atoms with Gasteiger partial charge in [-0.15, -0.1) is 0 Å². The Kier molecular flexibility index (Phi) is 7.45. The number of amides is 1. The first kappa shape index (κ1) is 18.5. The van der Waals surface area contributed by atoms with Crippen LogP contribution in [0.4, 0.5) is 5.69 Å². The van der Waals surface area contributed by atoms with Crippen molar-refractivity contribution >= 4 is 17.6 Å². The van der Waals surface area contributed by atoms with E-state index in [9.17, 15) is 4.79 Å². The van der Waals surface area contributed by atoms with E-state index in [1.54, 1.807) is 37.3 Å². The summed E-state index contributed by atoms with van der Waals surface area (Å²) in [6.07, 6.45) is 3.40. The van der Waals surface area contributed by atoms with Crippen LogP contribution in [-0.2, 0) is 22.6 Å². The molecule has 0 unspecified atom stereocenters. The van der Waals surface area contributed by atoms with Gasteiger partial charge in [0.15, 0.2) is 5.96 Å². The smallest absolute Gasteiger partial charge is 0.246 e. The predicted octanol–water partition coefficient (Wildman–Crippen LogP) is 0.833. The Balaban J connectivity index is 1.84. The summed E-state index contributed by atoms with van der Waals surface area (Å²) < 4.78 is 6.58. The molecule has 0 aliphatic rings. The van der Waals surface area contributed by atoms with Crippen molar-refractivity contribution in [3.05, 3.63) is 48.3 Å². The molecule has 0 bridgehead atoms. The van der Waals surface area contributed by atoms with Crippen molar-refractivity contribution in [1.82, 2.24) is 20.4 Å². The number of aromatic nitrogens is 2. The maximum absolute atomic E-state index is 12.0. The lowest BCUT2D eigenvalue weighted by Crippen LogP contribution is -2.38. The third-order valence-electron chi connectivity index (χ3n) is 3.36. The normalized spacial score (nSPS) is 11.2. The van der Waals surface area contributed by atoms with Crippen LogP contribution in [-0.4, -0.2) is 49.0 Å². The summed E-state index contributed by atoms with van der Waals surface area (Å²) >= 11 is 0. The first-order chi connectivity index (χ1) is 12.2. The molecule has 0 saturated heterocycles. The quantitative estimate of drug-likeness (QED) is 0.375. The Morgan fingerprint density at radius 3 is 2.92 bits per heavy atom. The molecule has 0 aliphatic heterocycles. The molecule has 2 aromatic rings. The van der Waals surface area contributed by atoms with E-state index in [1.807, 2.05) is 24.3 Å². The van der Waals surface area contributed by atoms with Crippen molar-refractivity contribution in [2.75, 3.05) is 32.6 Å². The van der Waals surface area contributed by atoms with Crippen LogP contribution in [0, 0.1) is 0 Å². The van der Waals surface area contributed by atoms with Crippen molar-refractivity contribution in [2.24, 2.45) is 4.99 Å². The number of aliphatic imine (C=N–C) groups is 1. The summed E-state index contributed by atoms with van der Waals surface area (Å²) in [4.78, 5) is 16.2. The number of carbonyl (C=O) groups excluding carboxylic acids is 1. The fourth-order valence-corrected chi connectivity index (χ4v) is 2.18. The molecule has 1 aromatic heterocycles. The number of benzene rings is 1. The summed E-state index contributed by atoms with van der Waals surface area (Å²) in [6, 6.07) is 9.46. The molecular weight excluding hydrogens is 320 g/mol. The van der Waals surface area contributed by atoms with Gasteiger partial charge in [0.05, 0.1) is 6.61 Å². The zero-order valence-corrected chi connectivity index (χ0v) is 14.5. The topological polar surface area (TPSA) is 92.6 Å². The van der Waals surface area contributed by atoms with Gasteiger partial charge >= 0.3 is 0 Å². The van der Waals surface area contributed by atoms with Crippen LogP contribution in [0.2, 0.25) is 0 Å². The standard InChI is InChI=1S/C17H24N6O2/c1-18-17(19-8-10-25-2)20-12-14-5-3-6-15(11-14)22-16(24)13-23-9-4-7-21-23/h3-7,9,11H,8,10,12-13H2,1-2H3,(H,22,24)(H2,18,19,20). The third kappa shape index (κ3) is 6.64. The van der Waals surface area contributed by atoms with Crippen molar-refractivity contribution in [3.8, 4) is 0 Å². The number of guanidine groups is 1. The Hall–Kier alpha value is -2.87. The zero-order chi connectivity index (χ0) is 17.9. The minimum Gasteiger partial charge on any atom is -0.383 e. The van der Waals surface area contributed by atoms with Crippen LogP contribution < -0.4 is 16.0 Å². The van der Waals surface area contributed by atoms with Gasteiger partial charge in [-0.2, -0.15) is 5.10 Å². The van der Waals surface area contributed by atoms with Crippen molar-refractivity contribution in [2.45, 2.75) is 13.1 Å². The summed E-state index contributed by atoms with van der Waals surface area (Å²) in [5.74, 6) is 0.580. The highest BCUT2D eigenvalue weighted by molar-refractivity contribution is 5.90. The molecule has 0 saturated carbocycles. The van der Waals surface area contributed by atoms with Crippen molar-refractivity contribution < 1.29 is 9.53 Å². The van der Waals surface area contributed by atoms with E-state index in [-0.39, 0.29) is 12.5 Å². The van der Waals surface area contributed by atoms with E-state index in [1.165, 1.54) is 0 Å². The molecule has 1 aromatic carbocycles. The van der Waals surface area contributed by atoms with Gasteiger partial charge in [-0.05, 0) is 23.8 Å². The number of anilines is 1. The highest BCUT2D eigenvalue weighted by Crippen LogP contribution is 2.10. The Labute approximate surface area is 147 Å². The number of methoxy groups -OCH3 is 1. The molecule has 8 heteroatoms. The number of hydrogen-bond acceptors (Lipinski definition) is 4. The molecule has 2 rings (SSSR count). The van der Waals surface area contributed by atoms with Gasteiger partial charge in [-0.25, -0.2) is 0 Å². The number of carbonyl (C=O) groups is 1. The summed E-state index contributed by atoms with van der Waals surface area (Å²) in [5.41, 5.74) is 1.78. The van der Waals surface area contributed by atoms with Crippen LogP contribution in [0.25, 0.3) is 0 Å². The van der Waals surface area contributed by atoms with Gasteiger partial charge in [0, 0.05) is 45.3 Å². The highest BCUT2D eigenvalue weighted by Gasteiger charge is 2.05. The van der Waals surface area contributed by atoms with Gasteiger partial charge < -0.3 is 20.7 Å². The largest absolute Gasteiger partial charge is 0.383 e. The second kappa shape index (κ2) is 10.1. The van der Waals surface area contributed by atoms with Crippen molar-refractivity contribution in [1.29, 1.82) is 0 Å². The molecule has 25 heavy (non-hydrogen) atoms. The Morgan fingerprint density at radius 1 is 1.32 bits per heavy atom. The number of nitrogens with one attached hydrogen (secondary N) is 3. The summed E-state index contributed by atoms with van der Waals surface area (Å²) in [6.45, 7) is 2.07. The number of rotatable bonds is 8. The highest BCUT2D eigenvalue weighted by atomic mass is 16.5. The van der Waals surface area contributed by atoms with E-state index >= 15 is 0 Å². The van der Waals surface area contributed by atoms with Crippen LogP contribution in [0.15, 0.2) is 47.7 Å². The molecule has 8 nitrogen and oxygen atoms in total. The van der Waals surface area contributed by atoms with E-state index in [2.05, 4.69) is 26.0 Å². The summed E-state index contributed by atoms with van der Waals surface area (Å²) in [7, 11) is 3.37. The van der Waals surface area contributed by atoms with Crippen LogP contribution in [0.3, 0.4) is 0 Å². The molecule has 0 radical (unpaired) electrons. The van der Waals surface area contributed by atoms with E-state index in [0.717, 1.165) is 11.3 Å². The van der Waals surface area contributed by atoms with Gasteiger partial charge in [0.1, 0.15) is 6.54 Å². The first-order valence-corrected chi connectivity index (χ1v) is 8.01. The molecule has 134 valence electrons. The predicted molar refractivity (Wildman–Crippen MR) is 97.4 cm³/mol. The molecular formula is C17H24N6O2. The lowest BCUT2D eigenvalue weighted by molar-refractivity contribution is -0.116. The van der Waals surface area contributed by atoms with E-state index < -0.39 is 0 Å². The monoisotopic (exact) mass is 344 g/mol. The number of nitrogens with zero attached hydrogens (tertiary/aromatic N) is 3.